The van der Waals surface area contributed by atoms with Gasteiger partial charge < -0.3 is 0 Å². The van der Waals surface area contributed by atoms with Crippen molar-refractivity contribution in [3.8, 4) is 0 Å². The van der Waals surface area contributed by atoms with Crippen LogP contribution in [0.3, 0.4) is 0 Å². The van der Waals surface area contributed by atoms with E-state index in [0.717, 1.165) is 9.80 Å². The normalized spacial score (nSPS) is 46.8. The third-order valence-electron chi connectivity index (χ3n) is 6.65. The molecule has 4 rings (SSSR count). The van der Waals surface area contributed by atoms with Crippen molar-refractivity contribution in [2.24, 2.45) is 11.3 Å². The monoisotopic (exact) mass is 300 g/mol. The summed E-state index contributed by atoms with van der Waals surface area (Å²) < 4.78 is 0. The fourth-order valence-corrected chi connectivity index (χ4v) is 5.46. The molecule has 4 heterocycles. The second-order valence-corrected chi connectivity index (χ2v) is 7.95. The average molecular weight is 300 g/mol. The zero-order valence-corrected chi connectivity index (χ0v) is 13.0. The summed E-state index contributed by atoms with van der Waals surface area (Å²) in [6.45, 7) is 9.34. The molecular weight excluding hydrogens is 276 g/mol. The van der Waals surface area contributed by atoms with Gasteiger partial charge in [-0.1, -0.05) is 13.8 Å². The Morgan fingerprint density at radius 3 is 1.52 bits per heavy atom. The molecule has 21 heavy (non-hydrogen) atoms. The topological polar surface area (TPSA) is 95.2 Å². The molecule has 118 valence electrons. The predicted molar refractivity (Wildman–Crippen MR) is 73.3 cm³/mol. The number of nitro groups is 2. The van der Waals surface area contributed by atoms with Crippen LogP contribution >= 0.6 is 0 Å². The summed E-state index contributed by atoms with van der Waals surface area (Å²) in [5.41, 5.74) is -3.30. The van der Waals surface area contributed by atoms with Crippen LogP contribution in [-0.2, 0) is 0 Å². The van der Waals surface area contributed by atoms with E-state index in [0.29, 0.717) is 32.1 Å². The summed E-state index contributed by atoms with van der Waals surface area (Å²) in [5.74, 6) is 0.366. The van der Waals surface area contributed by atoms with Gasteiger partial charge in [-0.25, -0.2) is 0 Å². The van der Waals surface area contributed by atoms with Crippen LogP contribution in [0.15, 0.2) is 0 Å². The molecule has 0 radical (unpaired) electrons. The second kappa shape index (κ2) is 3.92. The van der Waals surface area contributed by atoms with Gasteiger partial charge in [-0.3, -0.25) is 30.0 Å². The number of piperidine rings is 2. The first-order valence-corrected chi connectivity index (χ1v) is 7.57. The Morgan fingerprint density at radius 1 is 0.952 bits per heavy atom. The van der Waals surface area contributed by atoms with Gasteiger partial charge in [-0.2, -0.15) is 0 Å². The lowest BCUT2D eigenvalue weighted by Gasteiger charge is -2.61. The van der Waals surface area contributed by atoms with Crippen LogP contribution in [0.25, 0.3) is 0 Å². The summed E-state index contributed by atoms with van der Waals surface area (Å²) in [6, 6.07) is 0. The molecular formula is C13H24N4O4+2. The first kappa shape index (κ1) is 14.6. The van der Waals surface area contributed by atoms with Crippen molar-refractivity contribution < 1.29 is 19.6 Å². The lowest BCUT2D eigenvalue weighted by atomic mass is 9.53. The first-order valence-electron chi connectivity index (χ1n) is 7.57. The number of rotatable bonds is 3. The van der Waals surface area contributed by atoms with Crippen molar-refractivity contribution in [2.75, 3.05) is 26.2 Å². The maximum Gasteiger partial charge on any atom is 0.329 e. The van der Waals surface area contributed by atoms with Crippen molar-refractivity contribution in [1.82, 2.24) is 0 Å². The lowest BCUT2D eigenvalue weighted by molar-refractivity contribution is -1.20. The summed E-state index contributed by atoms with van der Waals surface area (Å²) in [5, 5.41) is 23.7. The minimum absolute atomic E-state index is 0.222. The van der Waals surface area contributed by atoms with Crippen molar-refractivity contribution in [2.45, 2.75) is 44.9 Å². The van der Waals surface area contributed by atoms with Crippen molar-refractivity contribution >= 4 is 0 Å². The number of nitrogens with zero attached hydrogens (tertiary/aromatic N) is 2. The minimum atomic E-state index is -1.19. The Labute approximate surface area is 123 Å². The molecule has 0 aromatic rings. The Bertz CT molecular complexity index is 466. The lowest BCUT2D eigenvalue weighted by Crippen LogP contribution is -3.47. The fraction of sp³-hybridized carbons (Fsp3) is 1.00. The zero-order chi connectivity index (χ0) is 15.8. The molecule has 0 saturated carbocycles. The van der Waals surface area contributed by atoms with Gasteiger partial charge in [0, 0.05) is 9.85 Å². The molecule has 4 fully saturated rings. The van der Waals surface area contributed by atoms with E-state index in [1.54, 1.807) is 13.8 Å². The third-order valence-corrected chi connectivity index (χ3v) is 6.65. The highest BCUT2D eigenvalue weighted by Crippen LogP contribution is 2.47. The standard InChI is InChI=1S/C13H22N4O4/c1-9(2)10-14-5-12(16(18)19)6-15(10)8-13(7-14,17(20)21)11(12,3)4/h9-10H,5-8H2,1-4H3/p+2. The smallest absolute Gasteiger partial charge is 0.274 e. The Morgan fingerprint density at radius 2 is 1.29 bits per heavy atom. The molecule has 8 nitrogen and oxygen atoms in total. The highest BCUT2D eigenvalue weighted by Gasteiger charge is 2.87. The number of hydrogen-bond donors (Lipinski definition) is 2. The summed E-state index contributed by atoms with van der Waals surface area (Å²) in [4.78, 5) is 25.4. The molecule has 2 N–H and O–H groups in total. The van der Waals surface area contributed by atoms with Crippen LogP contribution in [0.5, 0.6) is 0 Å². The van der Waals surface area contributed by atoms with Crippen LogP contribution in [-0.4, -0.2) is 53.3 Å². The minimum Gasteiger partial charge on any atom is -0.274 e. The molecule has 0 atom stereocenters. The van der Waals surface area contributed by atoms with Crippen LogP contribution in [0, 0.1) is 31.6 Å². The van der Waals surface area contributed by atoms with E-state index in [1.165, 1.54) is 0 Å². The van der Waals surface area contributed by atoms with Gasteiger partial charge >= 0.3 is 11.1 Å². The van der Waals surface area contributed by atoms with Gasteiger partial charge in [-0.05, 0) is 13.8 Å². The molecule has 4 bridgehead atoms. The molecule has 0 unspecified atom stereocenters. The largest absolute Gasteiger partial charge is 0.329 e. The van der Waals surface area contributed by atoms with E-state index >= 15 is 0 Å². The number of hydrogen-bond acceptors (Lipinski definition) is 4. The summed E-state index contributed by atoms with van der Waals surface area (Å²) >= 11 is 0. The SMILES string of the molecule is CC(C)C1[NH+]2CC3([N+](=O)[O-])C[NH+]1CC([N+](=O)[O-])(C2)C3(C)C. The average Bonchev–Trinajstić information content (AvgIpc) is 2.33. The van der Waals surface area contributed by atoms with Crippen molar-refractivity contribution in [3.63, 3.8) is 0 Å². The van der Waals surface area contributed by atoms with E-state index in [1.807, 2.05) is 0 Å². The Hall–Kier alpha value is -1.28. The molecule has 0 spiro atoms. The molecule has 0 aliphatic carbocycles. The van der Waals surface area contributed by atoms with E-state index < -0.39 is 16.5 Å². The quantitative estimate of drug-likeness (QED) is 0.458. The third kappa shape index (κ3) is 1.42. The Kier molecular flexibility index (Phi) is 2.73. The van der Waals surface area contributed by atoms with Crippen LogP contribution in [0.1, 0.15) is 27.7 Å². The van der Waals surface area contributed by atoms with Gasteiger partial charge in [-0.15, -0.1) is 0 Å². The van der Waals surface area contributed by atoms with E-state index in [9.17, 15) is 20.2 Å². The van der Waals surface area contributed by atoms with Gasteiger partial charge in [0.2, 0.25) is 6.17 Å². The first-order chi connectivity index (χ1) is 9.59. The van der Waals surface area contributed by atoms with E-state index in [4.69, 9.17) is 0 Å². The van der Waals surface area contributed by atoms with Crippen LogP contribution < -0.4 is 9.80 Å². The van der Waals surface area contributed by atoms with Crippen LogP contribution in [0.2, 0.25) is 0 Å². The number of nitrogens with one attached hydrogen (secondary N) is 2. The predicted octanol–water partition coefficient (Wildman–Crippen LogP) is -2.16. The summed E-state index contributed by atoms with van der Waals surface area (Å²) in [7, 11) is 0. The summed E-state index contributed by atoms with van der Waals surface area (Å²) in [6.07, 6.45) is 0.238. The van der Waals surface area contributed by atoms with Gasteiger partial charge in [0.1, 0.15) is 5.41 Å². The van der Waals surface area contributed by atoms with Crippen molar-refractivity contribution in [3.05, 3.63) is 20.2 Å². The maximum absolute atomic E-state index is 11.9. The van der Waals surface area contributed by atoms with E-state index in [2.05, 4.69) is 13.8 Å². The molecule has 4 aliphatic rings. The molecule has 0 aromatic heterocycles. The maximum atomic E-state index is 11.9. The van der Waals surface area contributed by atoms with E-state index in [-0.39, 0.29) is 16.0 Å². The van der Waals surface area contributed by atoms with Crippen LogP contribution in [0.4, 0.5) is 0 Å². The fourth-order valence-electron chi connectivity index (χ4n) is 5.46. The Balaban J connectivity index is 2.16. The van der Waals surface area contributed by atoms with Gasteiger partial charge in [0.15, 0.2) is 26.2 Å². The number of quaternary nitrogens is 2. The highest BCUT2D eigenvalue weighted by atomic mass is 16.6. The molecule has 0 amide bonds. The molecule has 8 heteroatoms. The van der Waals surface area contributed by atoms with Crippen molar-refractivity contribution in [1.29, 1.82) is 0 Å². The second-order valence-electron chi connectivity index (χ2n) is 7.95. The molecule has 0 aromatic carbocycles. The van der Waals surface area contributed by atoms with Gasteiger partial charge in [0.25, 0.3) is 0 Å². The van der Waals surface area contributed by atoms with Gasteiger partial charge in [0.05, 0.1) is 5.92 Å². The highest BCUT2D eigenvalue weighted by molar-refractivity contribution is 5.12. The molecule has 4 saturated heterocycles. The zero-order valence-electron chi connectivity index (χ0n) is 13.0. The molecule has 4 aliphatic heterocycles.